The van der Waals surface area contributed by atoms with Crippen LogP contribution in [0.25, 0.3) is 0 Å². The number of ether oxygens (including phenoxy) is 1. The Morgan fingerprint density at radius 3 is 2.94 bits per heavy atom. The molecule has 2 atom stereocenters. The summed E-state index contributed by atoms with van der Waals surface area (Å²) in [4.78, 5) is 0. The number of rotatable bonds is 4. The molecule has 0 bridgehead atoms. The van der Waals surface area contributed by atoms with Crippen molar-refractivity contribution in [3.05, 3.63) is 35.4 Å². The maximum absolute atomic E-state index is 13.4. The summed E-state index contributed by atoms with van der Waals surface area (Å²) in [6, 6.07) is 3.39. The average molecular weight is 257 g/mol. The molecule has 1 aliphatic rings. The Bertz CT molecular complexity index is 395. The second-order valence-electron chi connectivity index (χ2n) is 4.50. The predicted molar refractivity (Wildman–Crippen MR) is 63.2 cm³/mol. The summed E-state index contributed by atoms with van der Waals surface area (Å²) in [5, 5.41) is 13.0. The highest BCUT2D eigenvalue weighted by Gasteiger charge is 2.17. The molecule has 18 heavy (non-hydrogen) atoms. The van der Waals surface area contributed by atoms with Crippen molar-refractivity contribution in [1.82, 2.24) is 5.32 Å². The van der Waals surface area contributed by atoms with Crippen molar-refractivity contribution in [2.45, 2.75) is 25.0 Å². The number of aliphatic hydroxyl groups is 1. The molecule has 1 aromatic rings. The molecule has 0 saturated carbocycles. The molecule has 0 spiro atoms. The molecule has 0 amide bonds. The van der Waals surface area contributed by atoms with Crippen LogP contribution >= 0.6 is 0 Å². The monoisotopic (exact) mass is 257 g/mol. The van der Waals surface area contributed by atoms with Crippen molar-refractivity contribution < 1.29 is 18.6 Å². The van der Waals surface area contributed by atoms with E-state index in [0.717, 1.165) is 31.6 Å². The van der Waals surface area contributed by atoms with Gasteiger partial charge in [-0.15, -0.1) is 0 Å². The van der Waals surface area contributed by atoms with E-state index in [2.05, 4.69) is 5.32 Å². The van der Waals surface area contributed by atoms with E-state index < -0.39 is 17.7 Å². The first-order chi connectivity index (χ1) is 8.66. The number of halogens is 2. The van der Waals surface area contributed by atoms with E-state index in [1.807, 2.05) is 0 Å². The summed E-state index contributed by atoms with van der Waals surface area (Å²) < 4.78 is 31.4. The summed E-state index contributed by atoms with van der Waals surface area (Å²) >= 11 is 0. The molecule has 3 nitrogen and oxygen atoms in total. The quantitative estimate of drug-likeness (QED) is 0.863. The third-order valence-electron chi connectivity index (χ3n) is 3.08. The predicted octanol–water partition coefficient (Wildman–Crippen LogP) is 1.77. The highest BCUT2D eigenvalue weighted by molar-refractivity contribution is 5.21. The van der Waals surface area contributed by atoms with Crippen molar-refractivity contribution in [3.8, 4) is 0 Å². The zero-order valence-electron chi connectivity index (χ0n) is 10.0. The fourth-order valence-electron chi connectivity index (χ4n) is 2.06. The number of aliphatic hydroxyl groups excluding tert-OH is 1. The largest absolute Gasteiger partial charge is 0.387 e. The number of hydrogen-bond acceptors (Lipinski definition) is 3. The Hall–Kier alpha value is -1.04. The molecule has 5 heteroatoms. The number of nitrogens with one attached hydrogen (secondary N) is 1. The van der Waals surface area contributed by atoms with Crippen LogP contribution < -0.4 is 5.32 Å². The SMILES string of the molecule is OC(CNC1CCCOC1)c1ccc(F)cc1F. The minimum atomic E-state index is -0.979. The van der Waals surface area contributed by atoms with Crippen LogP contribution in [-0.4, -0.2) is 30.9 Å². The Balaban J connectivity index is 1.88. The van der Waals surface area contributed by atoms with Gasteiger partial charge >= 0.3 is 0 Å². The maximum Gasteiger partial charge on any atom is 0.131 e. The van der Waals surface area contributed by atoms with E-state index in [1.165, 1.54) is 6.07 Å². The van der Waals surface area contributed by atoms with Crippen molar-refractivity contribution in [2.24, 2.45) is 0 Å². The summed E-state index contributed by atoms with van der Waals surface area (Å²) in [6.07, 6.45) is 0.990. The first-order valence-corrected chi connectivity index (χ1v) is 6.11. The van der Waals surface area contributed by atoms with Crippen molar-refractivity contribution in [3.63, 3.8) is 0 Å². The van der Waals surface area contributed by atoms with Gasteiger partial charge in [0, 0.05) is 30.8 Å². The van der Waals surface area contributed by atoms with Gasteiger partial charge in [-0.25, -0.2) is 8.78 Å². The maximum atomic E-state index is 13.4. The molecular formula is C13H17F2NO2. The molecule has 1 fully saturated rings. The van der Waals surface area contributed by atoms with E-state index in [0.29, 0.717) is 6.61 Å². The van der Waals surface area contributed by atoms with Gasteiger partial charge in [-0.2, -0.15) is 0 Å². The summed E-state index contributed by atoms with van der Waals surface area (Å²) in [7, 11) is 0. The lowest BCUT2D eigenvalue weighted by molar-refractivity contribution is 0.0636. The topological polar surface area (TPSA) is 41.5 Å². The highest BCUT2D eigenvalue weighted by Crippen LogP contribution is 2.18. The molecule has 0 aliphatic carbocycles. The molecule has 1 aromatic carbocycles. The molecule has 2 N–H and O–H groups in total. The van der Waals surface area contributed by atoms with Gasteiger partial charge in [0.1, 0.15) is 11.6 Å². The molecule has 1 aliphatic heterocycles. The summed E-state index contributed by atoms with van der Waals surface area (Å²) in [5.41, 5.74) is 0.112. The minimum Gasteiger partial charge on any atom is -0.387 e. The molecule has 1 saturated heterocycles. The van der Waals surface area contributed by atoms with Crippen LogP contribution in [0.1, 0.15) is 24.5 Å². The first-order valence-electron chi connectivity index (χ1n) is 6.11. The zero-order valence-corrected chi connectivity index (χ0v) is 10.0. The minimum absolute atomic E-state index is 0.112. The van der Waals surface area contributed by atoms with Gasteiger partial charge in [0.2, 0.25) is 0 Å². The number of benzene rings is 1. The third kappa shape index (κ3) is 3.48. The Morgan fingerprint density at radius 1 is 1.44 bits per heavy atom. The molecule has 1 heterocycles. The van der Waals surface area contributed by atoms with Crippen molar-refractivity contribution in [2.75, 3.05) is 19.8 Å². The molecule has 2 rings (SSSR count). The van der Waals surface area contributed by atoms with E-state index in [4.69, 9.17) is 4.74 Å². The van der Waals surface area contributed by atoms with Gasteiger partial charge in [0.05, 0.1) is 12.7 Å². The number of hydrogen-bond donors (Lipinski definition) is 2. The molecular weight excluding hydrogens is 240 g/mol. The van der Waals surface area contributed by atoms with Gasteiger partial charge in [-0.1, -0.05) is 6.07 Å². The average Bonchev–Trinajstić information content (AvgIpc) is 2.37. The lowest BCUT2D eigenvalue weighted by Crippen LogP contribution is -2.39. The first kappa shape index (κ1) is 13.4. The van der Waals surface area contributed by atoms with Crippen LogP contribution in [0.2, 0.25) is 0 Å². The fourth-order valence-corrected chi connectivity index (χ4v) is 2.06. The third-order valence-corrected chi connectivity index (χ3v) is 3.08. The van der Waals surface area contributed by atoms with Crippen molar-refractivity contribution in [1.29, 1.82) is 0 Å². The van der Waals surface area contributed by atoms with Gasteiger partial charge < -0.3 is 15.2 Å². The van der Waals surface area contributed by atoms with E-state index in [1.54, 1.807) is 0 Å². The second-order valence-corrected chi connectivity index (χ2v) is 4.50. The molecule has 0 aromatic heterocycles. The van der Waals surface area contributed by atoms with E-state index in [9.17, 15) is 13.9 Å². The summed E-state index contributed by atoms with van der Waals surface area (Å²) in [6.45, 7) is 1.61. The van der Waals surface area contributed by atoms with Crippen LogP contribution in [0.15, 0.2) is 18.2 Å². The van der Waals surface area contributed by atoms with Crippen LogP contribution in [-0.2, 0) is 4.74 Å². The van der Waals surface area contributed by atoms with Crippen LogP contribution in [0.4, 0.5) is 8.78 Å². The van der Waals surface area contributed by atoms with Gasteiger partial charge in [-0.05, 0) is 18.9 Å². The second kappa shape index (κ2) is 6.22. The molecule has 2 unspecified atom stereocenters. The molecule has 0 radical (unpaired) electrons. The van der Waals surface area contributed by atoms with Crippen LogP contribution in [0.3, 0.4) is 0 Å². The van der Waals surface area contributed by atoms with Gasteiger partial charge in [-0.3, -0.25) is 0 Å². The van der Waals surface area contributed by atoms with Crippen molar-refractivity contribution >= 4 is 0 Å². The highest BCUT2D eigenvalue weighted by atomic mass is 19.1. The lowest BCUT2D eigenvalue weighted by Gasteiger charge is -2.24. The van der Waals surface area contributed by atoms with Crippen LogP contribution in [0.5, 0.6) is 0 Å². The lowest BCUT2D eigenvalue weighted by atomic mass is 10.1. The van der Waals surface area contributed by atoms with Crippen LogP contribution in [0, 0.1) is 11.6 Å². The Kier molecular flexibility index (Phi) is 4.63. The van der Waals surface area contributed by atoms with E-state index in [-0.39, 0.29) is 18.2 Å². The van der Waals surface area contributed by atoms with E-state index >= 15 is 0 Å². The smallest absolute Gasteiger partial charge is 0.131 e. The summed E-state index contributed by atoms with van der Waals surface area (Å²) in [5.74, 6) is -1.36. The standard InChI is InChI=1S/C13H17F2NO2/c14-9-3-4-11(12(15)6-9)13(17)7-16-10-2-1-5-18-8-10/h3-4,6,10,13,16-17H,1-2,5,7-8H2. The fraction of sp³-hybridized carbons (Fsp3) is 0.538. The zero-order chi connectivity index (χ0) is 13.0. The van der Waals surface area contributed by atoms with Gasteiger partial charge in [0.25, 0.3) is 0 Å². The normalized spacial score (nSPS) is 21.8. The Labute approximate surface area is 105 Å². The Morgan fingerprint density at radius 2 is 2.28 bits per heavy atom. The van der Waals surface area contributed by atoms with Gasteiger partial charge in [0.15, 0.2) is 0 Å². The molecule has 100 valence electrons.